The summed E-state index contributed by atoms with van der Waals surface area (Å²) < 4.78 is 0. The molecule has 0 heterocycles. The first-order valence-corrected chi connectivity index (χ1v) is 6.67. The first kappa shape index (κ1) is 14.2. The quantitative estimate of drug-likeness (QED) is 0.756. The van der Waals surface area contributed by atoms with Gasteiger partial charge in [0.25, 0.3) is 0 Å². The van der Waals surface area contributed by atoms with Crippen LogP contribution in [0, 0.1) is 0 Å². The number of carbonyl (C=O) groups excluding carboxylic acids is 1. The third kappa shape index (κ3) is 4.17. The van der Waals surface area contributed by atoms with Crippen molar-refractivity contribution in [3.8, 4) is 0 Å². The van der Waals surface area contributed by atoms with Gasteiger partial charge < -0.3 is 16.4 Å². The molecule has 0 atom stereocenters. The molecule has 0 aromatic heterocycles. The van der Waals surface area contributed by atoms with Crippen molar-refractivity contribution in [3.05, 3.63) is 59.1 Å². The third-order valence-electron chi connectivity index (χ3n) is 2.84. The van der Waals surface area contributed by atoms with Gasteiger partial charge in [-0.1, -0.05) is 29.8 Å². The van der Waals surface area contributed by atoms with Crippen LogP contribution in [0.15, 0.2) is 48.5 Å². The number of nitrogens with two attached hydrogens (primary N) is 1. The van der Waals surface area contributed by atoms with E-state index in [1.54, 1.807) is 24.3 Å². The van der Waals surface area contributed by atoms with Gasteiger partial charge in [-0.25, -0.2) is 4.79 Å². The highest BCUT2D eigenvalue weighted by Gasteiger charge is 2.02. The normalized spacial score (nSPS) is 10.1. The highest BCUT2D eigenvalue weighted by atomic mass is 35.5. The lowest BCUT2D eigenvalue weighted by atomic mass is 10.1. The number of anilines is 2. The Kier molecular flexibility index (Phi) is 4.85. The van der Waals surface area contributed by atoms with Crippen molar-refractivity contribution < 1.29 is 4.79 Å². The summed E-state index contributed by atoms with van der Waals surface area (Å²) in [4.78, 5) is 11.7. The van der Waals surface area contributed by atoms with Crippen molar-refractivity contribution in [2.45, 2.75) is 6.42 Å². The minimum Gasteiger partial charge on any atom is -0.399 e. The molecule has 20 heavy (non-hydrogen) atoms. The standard InChI is InChI=1S/C15H16ClN3O/c16-12-5-7-13(8-6-12)19-15(20)18-10-9-11-3-1-2-4-14(11)17/h1-8H,9-10,17H2,(H2,18,19,20). The molecule has 0 unspecified atom stereocenters. The van der Waals surface area contributed by atoms with Crippen LogP contribution >= 0.6 is 11.6 Å². The number of para-hydroxylation sites is 1. The van der Waals surface area contributed by atoms with Gasteiger partial charge in [0.1, 0.15) is 0 Å². The summed E-state index contributed by atoms with van der Waals surface area (Å²) in [5.74, 6) is 0. The summed E-state index contributed by atoms with van der Waals surface area (Å²) in [5, 5.41) is 6.15. The predicted octanol–water partition coefficient (Wildman–Crippen LogP) is 3.29. The summed E-state index contributed by atoms with van der Waals surface area (Å²) in [6, 6.07) is 14.3. The Hall–Kier alpha value is -2.20. The number of hydrogen-bond acceptors (Lipinski definition) is 2. The molecule has 0 bridgehead atoms. The minimum absolute atomic E-state index is 0.248. The molecular formula is C15H16ClN3O. The van der Waals surface area contributed by atoms with Gasteiger partial charge >= 0.3 is 6.03 Å². The number of rotatable bonds is 4. The number of benzene rings is 2. The average Bonchev–Trinajstić information content (AvgIpc) is 2.43. The van der Waals surface area contributed by atoms with Crippen LogP contribution in [0.5, 0.6) is 0 Å². The number of urea groups is 1. The second kappa shape index (κ2) is 6.82. The second-order valence-corrected chi connectivity index (χ2v) is 4.77. The lowest BCUT2D eigenvalue weighted by Gasteiger charge is -2.09. The van der Waals surface area contributed by atoms with E-state index >= 15 is 0 Å². The lowest BCUT2D eigenvalue weighted by Crippen LogP contribution is -2.30. The zero-order valence-corrected chi connectivity index (χ0v) is 11.7. The first-order valence-electron chi connectivity index (χ1n) is 6.29. The molecule has 5 heteroatoms. The SMILES string of the molecule is Nc1ccccc1CCNC(=O)Nc1ccc(Cl)cc1. The van der Waals surface area contributed by atoms with E-state index < -0.39 is 0 Å². The van der Waals surface area contributed by atoms with Gasteiger partial charge in [0, 0.05) is 22.9 Å². The fourth-order valence-corrected chi connectivity index (χ4v) is 1.91. The van der Waals surface area contributed by atoms with E-state index in [-0.39, 0.29) is 6.03 Å². The van der Waals surface area contributed by atoms with Gasteiger partial charge in [0.05, 0.1) is 0 Å². The smallest absolute Gasteiger partial charge is 0.319 e. The largest absolute Gasteiger partial charge is 0.399 e. The van der Waals surface area contributed by atoms with Gasteiger partial charge in [0.2, 0.25) is 0 Å². The zero-order chi connectivity index (χ0) is 14.4. The molecule has 0 aliphatic rings. The number of nitrogens with one attached hydrogen (secondary N) is 2. The van der Waals surface area contributed by atoms with E-state index in [0.717, 1.165) is 11.3 Å². The van der Waals surface area contributed by atoms with Crippen LogP contribution in [-0.2, 0) is 6.42 Å². The van der Waals surface area contributed by atoms with Crippen LogP contribution in [0.1, 0.15) is 5.56 Å². The van der Waals surface area contributed by atoms with E-state index in [9.17, 15) is 4.79 Å². The van der Waals surface area contributed by atoms with Crippen molar-refractivity contribution in [2.24, 2.45) is 0 Å². The van der Waals surface area contributed by atoms with Crippen molar-refractivity contribution in [1.82, 2.24) is 5.32 Å². The highest BCUT2D eigenvalue weighted by Crippen LogP contribution is 2.13. The number of halogens is 1. The van der Waals surface area contributed by atoms with Gasteiger partial charge in [-0.15, -0.1) is 0 Å². The molecule has 104 valence electrons. The maximum Gasteiger partial charge on any atom is 0.319 e. The van der Waals surface area contributed by atoms with Crippen LogP contribution in [0.4, 0.5) is 16.2 Å². The monoisotopic (exact) mass is 289 g/mol. The highest BCUT2D eigenvalue weighted by molar-refractivity contribution is 6.30. The summed E-state index contributed by atoms with van der Waals surface area (Å²) in [5.41, 5.74) is 8.30. The number of hydrogen-bond donors (Lipinski definition) is 3. The molecule has 0 saturated carbocycles. The molecule has 2 aromatic rings. The zero-order valence-electron chi connectivity index (χ0n) is 10.9. The third-order valence-corrected chi connectivity index (χ3v) is 3.09. The molecule has 2 rings (SSSR count). The number of nitrogen functional groups attached to an aromatic ring is 1. The summed E-state index contributed by atoms with van der Waals surface area (Å²) in [7, 11) is 0. The van der Waals surface area contributed by atoms with Crippen LogP contribution in [-0.4, -0.2) is 12.6 Å². The summed E-state index contributed by atoms with van der Waals surface area (Å²) >= 11 is 5.77. The predicted molar refractivity (Wildman–Crippen MR) is 83.0 cm³/mol. The average molecular weight is 290 g/mol. The number of carbonyl (C=O) groups is 1. The number of amides is 2. The Morgan fingerprint density at radius 1 is 1.10 bits per heavy atom. The van der Waals surface area contributed by atoms with Crippen molar-refractivity contribution in [1.29, 1.82) is 0 Å². The van der Waals surface area contributed by atoms with E-state index in [4.69, 9.17) is 17.3 Å². The molecule has 2 amide bonds. The van der Waals surface area contributed by atoms with Gasteiger partial charge in [0.15, 0.2) is 0 Å². The maximum atomic E-state index is 11.7. The molecule has 0 aliphatic carbocycles. The molecule has 2 aromatic carbocycles. The second-order valence-electron chi connectivity index (χ2n) is 4.34. The van der Waals surface area contributed by atoms with Crippen LogP contribution in [0.3, 0.4) is 0 Å². The van der Waals surface area contributed by atoms with Crippen LogP contribution < -0.4 is 16.4 Å². The molecule has 0 spiro atoms. The topological polar surface area (TPSA) is 67.1 Å². The van der Waals surface area contributed by atoms with E-state index in [1.807, 2.05) is 24.3 Å². The van der Waals surface area contributed by atoms with Crippen molar-refractivity contribution >= 4 is 29.0 Å². The van der Waals surface area contributed by atoms with Crippen molar-refractivity contribution in [2.75, 3.05) is 17.6 Å². The first-order chi connectivity index (χ1) is 9.65. The Labute approximate surface area is 122 Å². The Morgan fingerprint density at radius 2 is 1.80 bits per heavy atom. The Bertz CT molecular complexity index is 584. The Morgan fingerprint density at radius 3 is 2.50 bits per heavy atom. The molecule has 0 saturated heterocycles. The molecule has 0 fully saturated rings. The van der Waals surface area contributed by atoms with E-state index in [2.05, 4.69) is 10.6 Å². The molecular weight excluding hydrogens is 274 g/mol. The maximum absolute atomic E-state index is 11.7. The fourth-order valence-electron chi connectivity index (χ4n) is 1.78. The summed E-state index contributed by atoms with van der Waals surface area (Å²) in [6.45, 7) is 0.521. The van der Waals surface area contributed by atoms with Gasteiger partial charge in [-0.2, -0.15) is 0 Å². The van der Waals surface area contributed by atoms with Gasteiger partial charge in [-0.05, 0) is 42.3 Å². The van der Waals surface area contributed by atoms with Crippen molar-refractivity contribution in [3.63, 3.8) is 0 Å². The molecule has 0 aliphatic heterocycles. The summed E-state index contributed by atoms with van der Waals surface area (Å²) in [6.07, 6.45) is 0.695. The lowest BCUT2D eigenvalue weighted by molar-refractivity contribution is 0.252. The minimum atomic E-state index is -0.248. The molecule has 4 N–H and O–H groups in total. The van der Waals surface area contributed by atoms with E-state index in [0.29, 0.717) is 23.7 Å². The van der Waals surface area contributed by atoms with Crippen LogP contribution in [0.25, 0.3) is 0 Å². The Balaban J connectivity index is 1.78. The molecule has 4 nitrogen and oxygen atoms in total. The van der Waals surface area contributed by atoms with E-state index in [1.165, 1.54) is 0 Å². The van der Waals surface area contributed by atoms with Gasteiger partial charge in [-0.3, -0.25) is 0 Å². The fraction of sp³-hybridized carbons (Fsp3) is 0.133. The van der Waals surface area contributed by atoms with Crippen LogP contribution in [0.2, 0.25) is 5.02 Å². The molecule has 0 radical (unpaired) electrons.